The number of nitrogens with zero attached hydrogens (tertiary/aromatic N) is 1. The van der Waals surface area contributed by atoms with Crippen LogP contribution in [0.15, 0.2) is 108 Å². The number of rotatable bonds is 13. The van der Waals surface area contributed by atoms with Crippen molar-refractivity contribution in [3.63, 3.8) is 0 Å². The minimum atomic E-state index is -1.01. The lowest BCUT2D eigenvalue weighted by Crippen LogP contribution is -2.46. The number of nitrogens with one attached hydrogen (secondary N) is 2. The van der Waals surface area contributed by atoms with Gasteiger partial charge in [-0.15, -0.1) is 0 Å². The van der Waals surface area contributed by atoms with Gasteiger partial charge in [0.1, 0.15) is 22.1 Å². The van der Waals surface area contributed by atoms with Crippen molar-refractivity contribution in [2.24, 2.45) is 0 Å². The molecule has 5 aromatic rings. The quantitative estimate of drug-likeness (QED) is 0.0802. The number of fused-ring (bicyclic) bond motifs is 1. The van der Waals surface area contributed by atoms with Gasteiger partial charge in [0.2, 0.25) is 11.8 Å². The van der Waals surface area contributed by atoms with E-state index < -0.39 is 17.4 Å². The molecule has 10 heteroatoms. The van der Waals surface area contributed by atoms with E-state index in [1.807, 2.05) is 114 Å². The van der Waals surface area contributed by atoms with Crippen LogP contribution in [0.5, 0.6) is 5.75 Å². The number of amides is 2. The third-order valence-electron chi connectivity index (χ3n) is 8.83. The van der Waals surface area contributed by atoms with Crippen molar-refractivity contribution in [1.29, 1.82) is 0 Å². The van der Waals surface area contributed by atoms with Gasteiger partial charge in [-0.25, -0.2) is 0 Å². The van der Waals surface area contributed by atoms with Gasteiger partial charge in [-0.3, -0.25) is 19.2 Å². The summed E-state index contributed by atoms with van der Waals surface area (Å²) in [7, 11) is 1.59. The molecule has 0 aliphatic rings. The number of methoxy groups -OCH3 is 1. The number of anilines is 1. The van der Waals surface area contributed by atoms with Crippen molar-refractivity contribution in [3.05, 3.63) is 141 Å². The average Bonchev–Trinajstić information content (AvgIpc) is 3.11. The van der Waals surface area contributed by atoms with E-state index in [-0.39, 0.29) is 40.6 Å². The number of alkyl halides is 1. The van der Waals surface area contributed by atoms with E-state index >= 15 is 0 Å². The van der Waals surface area contributed by atoms with Gasteiger partial charge < -0.3 is 24.7 Å². The standard InChI is InChI=1S/C40H40IN3O6/c1-26-20-21-44(24-28-14-18-32(49-4)19-15-28)38(47)36(26)43-37(46)34(22-27-12-16-31(17-13-27)40(2,3)39(48)50-25-41)42-35(45)23-30-10-7-9-29-8-5-6-11-33(29)30/h5-21,34H,22-25H2,1-4H3,(H,42,45)(H,43,46)/t34-/m0/s1. The molecule has 0 aliphatic carbocycles. The van der Waals surface area contributed by atoms with Crippen LogP contribution in [-0.2, 0) is 43.9 Å². The van der Waals surface area contributed by atoms with Crippen LogP contribution in [-0.4, -0.2) is 40.1 Å². The van der Waals surface area contributed by atoms with E-state index in [0.717, 1.165) is 33.0 Å². The number of carbonyl (C=O) groups excluding carboxylic acids is 3. The van der Waals surface area contributed by atoms with Gasteiger partial charge in [0.15, 0.2) is 0 Å². The average molecular weight is 786 g/mol. The molecule has 2 N–H and O–H groups in total. The SMILES string of the molecule is COc1ccc(Cn2ccc(C)c(NC(=O)[C@H](Cc3ccc(C(C)(C)C(=O)OCI)cc3)NC(=O)Cc3cccc4ccccc34)c2=O)cc1. The molecule has 1 aromatic heterocycles. The molecule has 0 fully saturated rings. The number of esters is 1. The Morgan fingerprint density at radius 1 is 0.880 bits per heavy atom. The third kappa shape index (κ3) is 8.60. The van der Waals surface area contributed by atoms with Crippen LogP contribution >= 0.6 is 22.6 Å². The topological polar surface area (TPSA) is 116 Å². The van der Waals surface area contributed by atoms with Crippen molar-refractivity contribution in [3.8, 4) is 5.75 Å². The molecule has 0 radical (unpaired) electrons. The number of hydrogen-bond acceptors (Lipinski definition) is 6. The summed E-state index contributed by atoms with van der Waals surface area (Å²) >= 11 is 1.99. The van der Waals surface area contributed by atoms with E-state index in [1.54, 1.807) is 40.1 Å². The molecule has 5 rings (SSSR count). The summed E-state index contributed by atoms with van der Waals surface area (Å²) in [5.41, 5.74) is 2.76. The predicted octanol–water partition coefficient (Wildman–Crippen LogP) is 6.49. The van der Waals surface area contributed by atoms with Gasteiger partial charge in [-0.1, -0.05) is 78.9 Å². The second-order valence-corrected chi connectivity index (χ2v) is 13.3. The normalized spacial score (nSPS) is 11.9. The zero-order valence-electron chi connectivity index (χ0n) is 28.5. The first-order valence-corrected chi connectivity index (χ1v) is 17.7. The first-order chi connectivity index (χ1) is 24.0. The fourth-order valence-corrected chi connectivity index (χ4v) is 6.08. The van der Waals surface area contributed by atoms with Crippen LogP contribution in [0.4, 0.5) is 5.69 Å². The van der Waals surface area contributed by atoms with Gasteiger partial charge in [0, 0.05) is 12.6 Å². The number of halogens is 1. The number of hydrogen-bond donors (Lipinski definition) is 2. The molecular weight excluding hydrogens is 745 g/mol. The zero-order chi connectivity index (χ0) is 35.8. The maximum atomic E-state index is 14.0. The fraction of sp³-hybridized carbons (Fsp3) is 0.250. The van der Waals surface area contributed by atoms with Crippen molar-refractivity contribution in [2.45, 2.75) is 51.6 Å². The summed E-state index contributed by atoms with van der Waals surface area (Å²) in [6.07, 6.45) is 1.91. The highest BCUT2D eigenvalue weighted by Crippen LogP contribution is 2.26. The molecule has 50 heavy (non-hydrogen) atoms. The minimum Gasteiger partial charge on any atom is -0.497 e. The van der Waals surface area contributed by atoms with Gasteiger partial charge in [0.05, 0.1) is 25.5 Å². The van der Waals surface area contributed by atoms with Gasteiger partial charge in [-0.05, 0) is 100 Å². The number of aryl methyl sites for hydroxylation is 1. The Bertz CT molecular complexity index is 2050. The van der Waals surface area contributed by atoms with Crippen molar-refractivity contribution in [2.75, 3.05) is 17.0 Å². The number of pyridine rings is 1. The van der Waals surface area contributed by atoms with Crippen LogP contribution < -0.4 is 20.9 Å². The lowest BCUT2D eigenvalue weighted by atomic mass is 9.84. The molecule has 1 heterocycles. The lowest BCUT2D eigenvalue weighted by molar-refractivity contribution is -0.146. The summed E-state index contributed by atoms with van der Waals surface area (Å²) in [6, 6.07) is 29.1. The van der Waals surface area contributed by atoms with Gasteiger partial charge in [0.25, 0.3) is 5.56 Å². The predicted molar refractivity (Wildman–Crippen MR) is 204 cm³/mol. The second-order valence-electron chi connectivity index (χ2n) is 12.6. The van der Waals surface area contributed by atoms with Crippen LogP contribution in [0.25, 0.3) is 10.8 Å². The molecule has 0 bridgehead atoms. The smallest absolute Gasteiger partial charge is 0.316 e. The van der Waals surface area contributed by atoms with Crippen LogP contribution in [0.3, 0.4) is 0 Å². The molecule has 258 valence electrons. The van der Waals surface area contributed by atoms with E-state index in [9.17, 15) is 19.2 Å². The van der Waals surface area contributed by atoms with E-state index in [0.29, 0.717) is 17.9 Å². The van der Waals surface area contributed by atoms with Crippen molar-refractivity contribution in [1.82, 2.24) is 9.88 Å². The lowest BCUT2D eigenvalue weighted by Gasteiger charge is -2.23. The van der Waals surface area contributed by atoms with E-state index in [4.69, 9.17) is 9.47 Å². The first kappa shape index (κ1) is 36.3. The monoisotopic (exact) mass is 785 g/mol. The Morgan fingerprint density at radius 3 is 2.26 bits per heavy atom. The van der Waals surface area contributed by atoms with E-state index in [2.05, 4.69) is 10.6 Å². The molecular formula is C40H40IN3O6. The number of ether oxygens (including phenoxy) is 2. The van der Waals surface area contributed by atoms with Crippen LogP contribution in [0.2, 0.25) is 0 Å². The maximum Gasteiger partial charge on any atom is 0.316 e. The Morgan fingerprint density at radius 2 is 1.56 bits per heavy atom. The second kappa shape index (κ2) is 16.2. The van der Waals surface area contributed by atoms with Crippen LogP contribution in [0.1, 0.15) is 41.7 Å². The summed E-state index contributed by atoms with van der Waals surface area (Å²) in [4.78, 5) is 53.8. The Kier molecular flexibility index (Phi) is 11.7. The van der Waals surface area contributed by atoms with E-state index in [1.165, 1.54) is 4.57 Å². The molecule has 0 aliphatic heterocycles. The molecule has 0 spiro atoms. The number of aromatic nitrogens is 1. The highest BCUT2D eigenvalue weighted by molar-refractivity contribution is 14.1. The molecule has 0 unspecified atom stereocenters. The molecule has 4 aromatic carbocycles. The number of benzene rings is 4. The van der Waals surface area contributed by atoms with Crippen molar-refractivity contribution < 1.29 is 23.9 Å². The highest BCUT2D eigenvalue weighted by Gasteiger charge is 2.31. The minimum absolute atomic E-state index is 0.0657. The molecule has 0 saturated heterocycles. The number of carbonyl (C=O) groups is 3. The zero-order valence-corrected chi connectivity index (χ0v) is 30.7. The first-order valence-electron chi connectivity index (χ1n) is 16.2. The fourth-order valence-electron chi connectivity index (χ4n) is 5.79. The summed E-state index contributed by atoms with van der Waals surface area (Å²) in [5, 5.41) is 7.75. The van der Waals surface area contributed by atoms with Crippen molar-refractivity contribution >= 4 is 56.8 Å². The maximum absolute atomic E-state index is 14.0. The third-order valence-corrected chi connectivity index (χ3v) is 9.14. The summed E-state index contributed by atoms with van der Waals surface area (Å²) in [6.45, 7) is 5.64. The Balaban J connectivity index is 1.40. The molecule has 2 amide bonds. The van der Waals surface area contributed by atoms with Crippen LogP contribution in [0, 0.1) is 6.92 Å². The summed E-state index contributed by atoms with van der Waals surface area (Å²) < 4.78 is 12.3. The largest absolute Gasteiger partial charge is 0.497 e. The Hall–Kier alpha value is -4.97. The molecule has 9 nitrogen and oxygen atoms in total. The van der Waals surface area contributed by atoms with Gasteiger partial charge >= 0.3 is 5.97 Å². The molecule has 1 atom stereocenters. The van der Waals surface area contributed by atoms with Gasteiger partial charge in [-0.2, -0.15) is 0 Å². The Labute approximate surface area is 305 Å². The molecule has 0 saturated carbocycles. The highest BCUT2D eigenvalue weighted by atomic mass is 127. The summed E-state index contributed by atoms with van der Waals surface area (Å²) in [5.74, 6) is -0.478.